The zero-order valence-electron chi connectivity index (χ0n) is 14.7. The van der Waals surface area contributed by atoms with Crippen molar-refractivity contribution >= 4 is 46.1 Å². The van der Waals surface area contributed by atoms with Crippen LogP contribution in [-0.2, 0) is 9.59 Å². The van der Waals surface area contributed by atoms with Gasteiger partial charge in [-0.2, -0.15) is 9.59 Å². The molecule has 3 aromatic heterocycles. The maximum Gasteiger partial charge on any atom is 0.373 e. The lowest BCUT2D eigenvalue weighted by Crippen LogP contribution is -1.89. The minimum Gasteiger partial charge on any atom is -0.477 e. The Morgan fingerprint density at radius 1 is 0.857 bits per heavy atom. The zero-order valence-corrected chi connectivity index (χ0v) is 17.1. The molecular weight excluding hydrogens is 412 g/mol. The Labute approximate surface area is 173 Å². The summed E-state index contributed by atoms with van der Waals surface area (Å²) in [5, 5.41) is 11.3. The molecule has 4 rings (SSSR count). The number of benzene rings is 1. The Bertz CT molecular complexity index is 1130. The first-order valence-corrected chi connectivity index (χ1v) is 10.6. The number of carbonyl (C=O) groups excluding carboxylic acids is 2. The maximum absolute atomic E-state index is 11.2. The zero-order chi connectivity index (χ0) is 20.1. The fraction of sp³-hybridized carbons (Fsp3) is 0.0476. The number of rotatable bonds is 4. The molecule has 28 heavy (non-hydrogen) atoms. The molecule has 4 nitrogen and oxygen atoms in total. The molecule has 7 heteroatoms. The fourth-order valence-corrected chi connectivity index (χ4v) is 5.10. The average Bonchev–Trinajstić information content (AvgIpc) is 3.43. The van der Waals surface area contributed by atoms with E-state index in [9.17, 15) is 9.90 Å². The molecule has 0 unspecified atom stereocenters. The van der Waals surface area contributed by atoms with Gasteiger partial charge in [-0.25, -0.2) is 4.79 Å². The third-order valence-corrected chi connectivity index (χ3v) is 6.96. The lowest BCUT2D eigenvalue weighted by molar-refractivity contribution is -0.191. The van der Waals surface area contributed by atoms with E-state index >= 15 is 0 Å². The van der Waals surface area contributed by atoms with Crippen molar-refractivity contribution in [1.82, 2.24) is 0 Å². The fourth-order valence-electron chi connectivity index (χ4n) is 2.69. The lowest BCUT2D eigenvalue weighted by Gasteiger charge is -2.07. The molecule has 0 bridgehead atoms. The van der Waals surface area contributed by atoms with Gasteiger partial charge in [-0.1, -0.05) is 6.07 Å². The summed E-state index contributed by atoms with van der Waals surface area (Å²) >= 11 is 4.80. The number of carboxylic acids is 1. The molecule has 0 saturated heterocycles. The summed E-state index contributed by atoms with van der Waals surface area (Å²) < 4.78 is 0. The topological polar surface area (TPSA) is 71.4 Å². The van der Waals surface area contributed by atoms with Crippen LogP contribution < -0.4 is 0 Å². The quantitative estimate of drug-likeness (QED) is 0.416. The van der Waals surface area contributed by atoms with Crippen molar-refractivity contribution in [1.29, 1.82) is 0 Å². The van der Waals surface area contributed by atoms with Gasteiger partial charge in [-0.05, 0) is 77.5 Å². The highest BCUT2D eigenvalue weighted by atomic mass is 32.1. The number of carbonyl (C=O) groups is 1. The summed E-state index contributed by atoms with van der Waals surface area (Å²) in [7, 11) is 0. The number of hydrogen-bond donors (Lipinski definition) is 1. The monoisotopic (exact) mass is 426 g/mol. The van der Waals surface area contributed by atoms with Gasteiger partial charge in [0.2, 0.25) is 0 Å². The van der Waals surface area contributed by atoms with E-state index in [2.05, 4.69) is 54.8 Å². The summed E-state index contributed by atoms with van der Waals surface area (Å²) in [6, 6.07) is 18.5. The Morgan fingerprint density at radius 3 is 1.89 bits per heavy atom. The first-order chi connectivity index (χ1) is 13.5. The van der Waals surface area contributed by atoms with E-state index in [0.717, 1.165) is 10.4 Å². The van der Waals surface area contributed by atoms with E-state index in [1.165, 1.54) is 37.1 Å². The van der Waals surface area contributed by atoms with Crippen LogP contribution in [0.15, 0.2) is 60.0 Å². The molecular formula is C21H14O4S3. The molecule has 0 aliphatic rings. The van der Waals surface area contributed by atoms with Gasteiger partial charge in [0.1, 0.15) is 4.88 Å². The highest BCUT2D eigenvalue weighted by Gasteiger charge is 2.12. The molecule has 1 aromatic carbocycles. The molecule has 140 valence electrons. The second-order valence-electron chi connectivity index (χ2n) is 5.74. The SMILES string of the molecule is Cc1ccc(-c2cc(-c3cccs3)cc(-c3ccc(C(=O)O)s3)c2)s1.O=C=O. The normalized spacial score (nSPS) is 10.0. The van der Waals surface area contributed by atoms with E-state index in [-0.39, 0.29) is 6.15 Å². The van der Waals surface area contributed by atoms with Gasteiger partial charge in [0, 0.05) is 19.5 Å². The van der Waals surface area contributed by atoms with Crippen LogP contribution in [0.2, 0.25) is 0 Å². The summed E-state index contributed by atoms with van der Waals surface area (Å²) in [5.74, 6) is -0.875. The maximum atomic E-state index is 11.2. The molecule has 1 N–H and O–H groups in total. The van der Waals surface area contributed by atoms with Crippen LogP contribution in [0.3, 0.4) is 0 Å². The number of thiophene rings is 3. The van der Waals surface area contributed by atoms with Crippen LogP contribution in [0.1, 0.15) is 14.5 Å². The summed E-state index contributed by atoms with van der Waals surface area (Å²) in [6.07, 6.45) is 0.250. The van der Waals surface area contributed by atoms with Gasteiger partial charge in [-0.3, -0.25) is 0 Å². The minimum absolute atomic E-state index is 0.250. The van der Waals surface area contributed by atoms with Gasteiger partial charge in [0.05, 0.1) is 0 Å². The second-order valence-corrected chi connectivity index (χ2v) is 9.06. The van der Waals surface area contributed by atoms with Crippen molar-refractivity contribution in [3.8, 4) is 31.3 Å². The number of aryl methyl sites for hydroxylation is 1. The van der Waals surface area contributed by atoms with E-state index in [1.807, 2.05) is 6.07 Å². The van der Waals surface area contributed by atoms with Gasteiger partial charge in [-0.15, -0.1) is 34.0 Å². The van der Waals surface area contributed by atoms with Crippen LogP contribution in [0.5, 0.6) is 0 Å². The summed E-state index contributed by atoms with van der Waals surface area (Å²) in [4.78, 5) is 32.5. The molecule has 0 amide bonds. The molecule has 0 spiro atoms. The molecule has 4 aromatic rings. The molecule has 0 atom stereocenters. The Morgan fingerprint density at radius 2 is 1.43 bits per heavy atom. The Kier molecular flexibility index (Phi) is 6.34. The first kappa shape index (κ1) is 19.9. The van der Waals surface area contributed by atoms with E-state index in [1.54, 1.807) is 28.7 Å². The Hall–Kier alpha value is -2.83. The molecule has 0 aliphatic carbocycles. The lowest BCUT2D eigenvalue weighted by atomic mass is 10.0. The predicted octanol–water partition coefficient (Wildman–Crippen LogP) is 6.30. The third-order valence-electron chi connectivity index (χ3n) is 3.86. The van der Waals surface area contributed by atoms with Crippen molar-refractivity contribution < 1.29 is 19.5 Å². The van der Waals surface area contributed by atoms with Crippen LogP contribution in [-0.4, -0.2) is 17.2 Å². The number of hydrogen-bond acceptors (Lipinski definition) is 6. The highest BCUT2D eigenvalue weighted by molar-refractivity contribution is 7.17. The second kappa shape index (κ2) is 8.91. The molecule has 3 heterocycles. The van der Waals surface area contributed by atoms with E-state index < -0.39 is 5.97 Å². The Balaban J connectivity index is 0.000000706. The summed E-state index contributed by atoms with van der Waals surface area (Å²) in [5.41, 5.74) is 3.40. The van der Waals surface area contributed by atoms with E-state index in [0.29, 0.717) is 4.88 Å². The van der Waals surface area contributed by atoms with Crippen LogP contribution in [0.25, 0.3) is 31.3 Å². The van der Waals surface area contributed by atoms with Crippen molar-refractivity contribution in [2.24, 2.45) is 0 Å². The smallest absolute Gasteiger partial charge is 0.373 e. The van der Waals surface area contributed by atoms with Crippen molar-refractivity contribution in [3.05, 3.63) is 69.7 Å². The molecule has 0 radical (unpaired) electrons. The van der Waals surface area contributed by atoms with Crippen molar-refractivity contribution in [2.75, 3.05) is 0 Å². The minimum atomic E-state index is -0.875. The van der Waals surface area contributed by atoms with Crippen molar-refractivity contribution in [3.63, 3.8) is 0 Å². The largest absolute Gasteiger partial charge is 0.477 e. The predicted molar refractivity (Wildman–Crippen MR) is 113 cm³/mol. The van der Waals surface area contributed by atoms with Crippen LogP contribution >= 0.6 is 34.0 Å². The van der Waals surface area contributed by atoms with Crippen LogP contribution in [0.4, 0.5) is 0 Å². The average molecular weight is 427 g/mol. The molecule has 0 aliphatic heterocycles. The first-order valence-electron chi connectivity index (χ1n) is 8.10. The van der Waals surface area contributed by atoms with Gasteiger partial charge >= 0.3 is 12.1 Å². The van der Waals surface area contributed by atoms with Crippen molar-refractivity contribution in [2.45, 2.75) is 6.92 Å². The summed E-state index contributed by atoms with van der Waals surface area (Å²) in [6.45, 7) is 2.11. The number of carboxylic acid groups (broad SMARTS) is 1. The number of aromatic carboxylic acids is 1. The van der Waals surface area contributed by atoms with E-state index in [4.69, 9.17) is 9.59 Å². The third kappa shape index (κ3) is 4.52. The van der Waals surface area contributed by atoms with Gasteiger partial charge < -0.3 is 5.11 Å². The van der Waals surface area contributed by atoms with Gasteiger partial charge in [0.25, 0.3) is 0 Å². The molecule has 0 fully saturated rings. The molecule has 0 saturated carbocycles. The van der Waals surface area contributed by atoms with Gasteiger partial charge in [0.15, 0.2) is 0 Å². The standard InChI is InChI=1S/C20H14O2S3.CO2/c1-12-4-5-17(24-12)14-9-13(16-3-2-8-23-16)10-15(11-14)18-6-7-19(25-18)20(21)22;2-1-3/h2-11H,1H3,(H,21,22);. The van der Waals surface area contributed by atoms with Crippen LogP contribution in [0, 0.1) is 6.92 Å². The highest BCUT2D eigenvalue weighted by Crippen LogP contribution is 2.38.